The minimum absolute atomic E-state index is 0.0852. The Hall–Kier alpha value is -0.740. The molecule has 0 aliphatic rings. The van der Waals surface area contributed by atoms with Crippen molar-refractivity contribution in [1.82, 2.24) is 0 Å². The first-order valence-corrected chi connectivity index (χ1v) is 3.18. The Bertz CT molecular complexity index is 153. The van der Waals surface area contributed by atoms with Crippen LogP contribution in [0.4, 0.5) is 0 Å². The standard InChI is InChI=1S/C7H12O4/c1-5(8)7(11-3)6(9)4-10-2/h7H,4H2,1-3H3. The van der Waals surface area contributed by atoms with E-state index in [4.69, 9.17) is 0 Å². The average Bonchev–Trinajstić information content (AvgIpc) is 1.88. The number of hydrogen-bond donors (Lipinski definition) is 0. The number of hydrogen-bond acceptors (Lipinski definition) is 4. The third-order valence-corrected chi connectivity index (χ3v) is 1.18. The molecule has 0 aromatic heterocycles. The summed E-state index contributed by atoms with van der Waals surface area (Å²) in [4.78, 5) is 21.6. The van der Waals surface area contributed by atoms with E-state index in [0.717, 1.165) is 0 Å². The molecular formula is C7H12O4. The number of ketones is 2. The van der Waals surface area contributed by atoms with Gasteiger partial charge in [-0.25, -0.2) is 0 Å². The Morgan fingerprint density at radius 3 is 2.18 bits per heavy atom. The predicted octanol–water partition coefficient (Wildman–Crippen LogP) is -0.194. The lowest BCUT2D eigenvalue weighted by Crippen LogP contribution is -2.32. The summed E-state index contributed by atoms with van der Waals surface area (Å²) in [6.07, 6.45) is -0.963. The molecular weight excluding hydrogens is 148 g/mol. The molecule has 0 aliphatic carbocycles. The molecule has 1 unspecified atom stereocenters. The highest BCUT2D eigenvalue weighted by Gasteiger charge is 2.21. The quantitative estimate of drug-likeness (QED) is 0.523. The van der Waals surface area contributed by atoms with Gasteiger partial charge in [0.1, 0.15) is 6.61 Å². The predicted molar refractivity (Wildman–Crippen MR) is 38.4 cm³/mol. The Balaban J connectivity index is 4.03. The summed E-state index contributed by atoms with van der Waals surface area (Å²) in [5.41, 5.74) is 0. The Morgan fingerprint density at radius 2 is 1.91 bits per heavy atom. The summed E-state index contributed by atoms with van der Waals surface area (Å²) >= 11 is 0. The van der Waals surface area contributed by atoms with Gasteiger partial charge in [0, 0.05) is 14.2 Å². The van der Waals surface area contributed by atoms with Crippen molar-refractivity contribution in [1.29, 1.82) is 0 Å². The summed E-state index contributed by atoms with van der Waals surface area (Å²) in [5, 5.41) is 0. The maximum absolute atomic E-state index is 10.9. The van der Waals surface area contributed by atoms with Gasteiger partial charge in [-0.2, -0.15) is 0 Å². The van der Waals surface area contributed by atoms with Crippen molar-refractivity contribution in [2.45, 2.75) is 13.0 Å². The number of ether oxygens (including phenoxy) is 2. The molecule has 0 saturated carbocycles. The van der Waals surface area contributed by atoms with Gasteiger partial charge in [-0.1, -0.05) is 0 Å². The minimum atomic E-state index is -0.963. The maximum Gasteiger partial charge on any atom is 0.194 e. The molecule has 0 aliphatic heterocycles. The van der Waals surface area contributed by atoms with Crippen molar-refractivity contribution >= 4 is 11.6 Å². The molecule has 0 rings (SSSR count). The molecule has 0 amide bonds. The summed E-state index contributed by atoms with van der Waals surface area (Å²) in [7, 11) is 2.71. The third kappa shape index (κ3) is 3.25. The van der Waals surface area contributed by atoms with Gasteiger partial charge in [-0.3, -0.25) is 9.59 Å². The summed E-state index contributed by atoms with van der Waals surface area (Å²) < 4.78 is 9.20. The molecule has 0 N–H and O–H groups in total. The van der Waals surface area contributed by atoms with Crippen LogP contribution in [0.15, 0.2) is 0 Å². The topological polar surface area (TPSA) is 52.6 Å². The summed E-state index contributed by atoms with van der Waals surface area (Å²) in [6.45, 7) is 1.22. The molecule has 1 atom stereocenters. The zero-order chi connectivity index (χ0) is 8.85. The highest BCUT2D eigenvalue weighted by atomic mass is 16.5. The van der Waals surface area contributed by atoms with Gasteiger partial charge >= 0.3 is 0 Å². The van der Waals surface area contributed by atoms with E-state index < -0.39 is 6.10 Å². The lowest BCUT2D eigenvalue weighted by atomic mass is 10.2. The van der Waals surface area contributed by atoms with E-state index in [1.807, 2.05) is 0 Å². The Labute approximate surface area is 65.5 Å². The average molecular weight is 160 g/mol. The third-order valence-electron chi connectivity index (χ3n) is 1.18. The molecule has 0 radical (unpaired) electrons. The normalized spacial score (nSPS) is 12.6. The van der Waals surface area contributed by atoms with Crippen LogP contribution < -0.4 is 0 Å². The van der Waals surface area contributed by atoms with Gasteiger partial charge in [-0.15, -0.1) is 0 Å². The summed E-state index contributed by atoms with van der Waals surface area (Å²) in [5.74, 6) is -0.642. The van der Waals surface area contributed by atoms with E-state index in [1.165, 1.54) is 21.1 Å². The van der Waals surface area contributed by atoms with Crippen molar-refractivity contribution in [3.63, 3.8) is 0 Å². The van der Waals surface area contributed by atoms with Crippen LogP contribution >= 0.6 is 0 Å². The second-order valence-corrected chi connectivity index (χ2v) is 2.13. The molecule has 64 valence electrons. The minimum Gasteiger partial charge on any atom is -0.377 e. The van der Waals surface area contributed by atoms with Gasteiger partial charge < -0.3 is 9.47 Å². The molecule has 4 heteroatoms. The first kappa shape index (κ1) is 10.3. The van der Waals surface area contributed by atoms with E-state index in [0.29, 0.717) is 0 Å². The van der Waals surface area contributed by atoms with Crippen LogP contribution in [0, 0.1) is 0 Å². The van der Waals surface area contributed by atoms with Crippen LogP contribution in [0.3, 0.4) is 0 Å². The van der Waals surface area contributed by atoms with E-state index in [1.54, 1.807) is 0 Å². The van der Waals surface area contributed by atoms with E-state index in [9.17, 15) is 9.59 Å². The molecule has 0 spiro atoms. The molecule has 0 saturated heterocycles. The molecule has 4 nitrogen and oxygen atoms in total. The summed E-state index contributed by atoms with van der Waals surface area (Å²) in [6, 6.07) is 0. The van der Waals surface area contributed by atoms with E-state index >= 15 is 0 Å². The molecule has 0 aromatic carbocycles. The van der Waals surface area contributed by atoms with Crippen LogP contribution in [0.1, 0.15) is 6.92 Å². The highest BCUT2D eigenvalue weighted by molar-refractivity contribution is 6.04. The Kier molecular flexibility index (Phi) is 4.65. The zero-order valence-corrected chi connectivity index (χ0v) is 6.92. The van der Waals surface area contributed by atoms with Crippen molar-refractivity contribution in [2.75, 3.05) is 20.8 Å². The van der Waals surface area contributed by atoms with Crippen LogP contribution in [0.5, 0.6) is 0 Å². The molecule has 0 aromatic rings. The van der Waals surface area contributed by atoms with Crippen LogP contribution in [-0.4, -0.2) is 38.5 Å². The van der Waals surface area contributed by atoms with Crippen LogP contribution in [0.2, 0.25) is 0 Å². The van der Waals surface area contributed by atoms with Gasteiger partial charge in [0.2, 0.25) is 0 Å². The smallest absolute Gasteiger partial charge is 0.194 e. The zero-order valence-electron chi connectivity index (χ0n) is 6.92. The first-order valence-electron chi connectivity index (χ1n) is 3.18. The largest absolute Gasteiger partial charge is 0.377 e. The van der Waals surface area contributed by atoms with Gasteiger partial charge in [-0.05, 0) is 6.92 Å². The highest BCUT2D eigenvalue weighted by Crippen LogP contribution is 1.94. The van der Waals surface area contributed by atoms with Crippen LogP contribution in [-0.2, 0) is 19.1 Å². The lowest BCUT2D eigenvalue weighted by molar-refractivity contribution is -0.141. The second-order valence-electron chi connectivity index (χ2n) is 2.13. The van der Waals surface area contributed by atoms with Gasteiger partial charge in [0.15, 0.2) is 17.7 Å². The van der Waals surface area contributed by atoms with Crippen molar-refractivity contribution in [2.24, 2.45) is 0 Å². The Morgan fingerprint density at radius 1 is 1.36 bits per heavy atom. The fourth-order valence-corrected chi connectivity index (χ4v) is 0.742. The molecule has 0 fully saturated rings. The lowest BCUT2D eigenvalue weighted by Gasteiger charge is -2.08. The monoisotopic (exact) mass is 160 g/mol. The van der Waals surface area contributed by atoms with Crippen molar-refractivity contribution < 1.29 is 19.1 Å². The van der Waals surface area contributed by atoms with E-state index in [-0.39, 0.29) is 18.2 Å². The fraction of sp³-hybridized carbons (Fsp3) is 0.714. The van der Waals surface area contributed by atoms with Gasteiger partial charge in [0.05, 0.1) is 0 Å². The second kappa shape index (κ2) is 4.98. The van der Waals surface area contributed by atoms with Crippen molar-refractivity contribution in [3.05, 3.63) is 0 Å². The number of rotatable bonds is 5. The number of methoxy groups -OCH3 is 2. The SMILES string of the molecule is COCC(=O)C(OC)C(C)=O. The molecule has 11 heavy (non-hydrogen) atoms. The number of carbonyl (C=O) groups is 2. The first-order chi connectivity index (χ1) is 5.13. The maximum atomic E-state index is 10.9. The molecule has 0 heterocycles. The fourth-order valence-electron chi connectivity index (χ4n) is 0.742. The van der Waals surface area contributed by atoms with Gasteiger partial charge in [0.25, 0.3) is 0 Å². The molecule has 0 bridgehead atoms. The number of carbonyl (C=O) groups excluding carboxylic acids is 2. The van der Waals surface area contributed by atoms with E-state index in [2.05, 4.69) is 9.47 Å². The number of Topliss-reactive ketones (excluding diaryl/α,β-unsaturated/α-hetero) is 2. The van der Waals surface area contributed by atoms with Crippen LogP contribution in [0.25, 0.3) is 0 Å². The van der Waals surface area contributed by atoms with Crippen molar-refractivity contribution in [3.8, 4) is 0 Å².